The second-order valence-corrected chi connectivity index (χ2v) is 4.16. The van der Waals surface area contributed by atoms with Gasteiger partial charge in [-0.25, -0.2) is 9.97 Å². The molecule has 0 unspecified atom stereocenters. The lowest BCUT2D eigenvalue weighted by atomic mass is 10.3. The topological polar surface area (TPSA) is 61.7 Å². The van der Waals surface area contributed by atoms with E-state index in [4.69, 9.17) is 5.73 Å². The maximum atomic E-state index is 6.19. The van der Waals surface area contributed by atoms with Crippen LogP contribution in [0.4, 0.5) is 5.82 Å². The van der Waals surface area contributed by atoms with Crippen LogP contribution in [0.25, 0.3) is 11.4 Å². The Morgan fingerprint density at radius 3 is 2.65 bits per heavy atom. The fraction of sp³-hybridized carbons (Fsp3) is 0.500. The Bertz CT molecular complexity index is 509. The number of hydrogen-bond donors (Lipinski definition) is 1. The maximum absolute atomic E-state index is 6.19. The third kappa shape index (κ3) is 1.92. The van der Waals surface area contributed by atoms with Gasteiger partial charge in [-0.05, 0) is 6.42 Å². The molecule has 2 aromatic rings. The molecule has 0 aliphatic carbocycles. The van der Waals surface area contributed by atoms with Gasteiger partial charge in [0, 0.05) is 20.0 Å². The summed E-state index contributed by atoms with van der Waals surface area (Å²) >= 11 is 0. The van der Waals surface area contributed by atoms with E-state index in [1.807, 2.05) is 11.6 Å². The first-order valence-corrected chi connectivity index (χ1v) is 6.00. The van der Waals surface area contributed by atoms with Crippen molar-refractivity contribution in [2.45, 2.75) is 33.2 Å². The van der Waals surface area contributed by atoms with E-state index >= 15 is 0 Å². The molecule has 0 aliphatic rings. The van der Waals surface area contributed by atoms with E-state index in [1.54, 1.807) is 12.5 Å². The molecule has 0 radical (unpaired) electrons. The third-order valence-corrected chi connectivity index (χ3v) is 2.91. The zero-order chi connectivity index (χ0) is 12.4. The van der Waals surface area contributed by atoms with E-state index in [-0.39, 0.29) is 0 Å². The second-order valence-electron chi connectivity index (χ2n) is 4.16. The van der Waals surface area contributed by atoms with Gasteiger partial charge in [-0.15, -0.1) is 0 Å². The molecule has 5 nitrogen and oxygen atoms in total. The molecule has 0 bridgehead atoms. The number of rotatable bonds is 4. The van der Waals surface area contributed by atoms with Crippen molar-refractivity contribution >= 4 is 5.82 Å². The molecule has 0 amide bonds. The monoisotopic (exact) mass is 233 g/mol. The maximum Gasteiger partial charge on any atom is 0.133 e. The molecule has 0 spiro atoms. The molecule has 0 fully saturated rings. The summed E-state index contributed by atoms with van der Waals surface area (Å²) in [5.41, 5.74) is 7.99. The quantitative estimate of drug-likeness (QED) is 0.876. The number of hydrogen-bond acceptors (Lipinski definition) is 3. The van der Waals surface area contributed by atoms with Crippen LogP contribution < -0.4 is 5.73 Å². The van der Waals surface area contributed by atoms with Gasteiger partial charge in [-0.3, -0.25) is 0 Å². The predicted molar refractivity (Wildman–Crippen MR) is 68.5 cm³/mol. The summed E-state index contributed by atoms with van der Waals surface area (Å²) in [4.78, 5) is 8.74. The Morgan fingerprint density at radius 2 is 2.12 bits per heavy atom. The van der Waals surface area contributed by atoms with Crippen molar-refractivity contribution in [1.82, 2.24) is 19.1 Å². The minimum Gasteiger partial charge on any atom is -0.383 e. The minimum atomic E-state index is 0.743. The van der Waals surface area contributed by atoms with Crippen molar-refractivity contribution in [2.24, 2.45) is 7.05 Å². The molecule has 2 heterocycles. The number of aromatic nitrogens is 4. The molecule has 2 rings (SSSR count). The average molecular weight is 233 g/mol. The minimum absolute atomic E-state index is 0.743. The van der Waals surface area contributed by atoms with Gasteiger partial charge in [0.1, 0.15) is 17.3 Å². The van der Waals surface area contributed by atoms with Gasteiger partial charge in [0.2, 0.25) is 0 Å². The molecule has 17 heavy (non-hydrogen) atoms. The summed E-state index contributed by atoms with van der Waals surface area (Å²) in [5, 5.41) is 0. The number of nitrogen functional groups attached to an aromatic ring is 1. The lowest BCUT2D eigenvalue weighted by Gasteiger charge is -2.06. The normalized spacial score (nSPS) is 11.0. The fourth-order valence-electron chi connectivity index (χ4n) is 2.03. The largest absolute Gasteiger partial charge is 0.383 e. The summed E-state index contributed by atoms with van der Waals surface area (Å²) in [6.45, 7) is 5.16. The van der Waals surface area contributed by atoms with Crippen LogP contribution in [0.15, 0.2) is 12.5 Å². The van der Waals surface area contributed by atoms with Crippen LogP contribution in [0.2, 0.25) is 0 Å². The summed E-state index contributed by atoms with van der Waals surface area (Å²) in [7, 11) is 1.95. The Hall–Kier alpha value is -1.78. The van der Waals surface area contributed by atoms with Gasteiger partial charge in [0.15, 0.2) is 0 Å². The van der Waals surface area contributed by atoms with Crippen LogP contribution in [-0.4, -0.2) is 19.1 Å². The van der Waals surface area contributed by atoms with E-state index in [9.17, 15) is 0 Å². The number of aryl methyl sites for hydroxylation is 2. The highest BCUT2D eigenvalue weighted by Crippen LogP contribution is 2.26. The van der Waals surface area contributed by atoms with E-state index < -0.39 is 0 Å². The molecule has 0 saturated carbocycles. The highest BCUT2D eigenvalue weighted by Gasteiger charge is 2.16. The molecular formula is C12H19N5. The molecule has 2 aromatic heterocycles. The van der Waals surface area contributed by atoms with Gasteiger partial charge in [0.05, 0.1) is 18.2 Å². The molecular weight excluding hydrogens is 214 g/mol. The standard InChI is InChI=1S/C12H19N5/c1-4-6-17-10(5-2)15-11(12(17)13)9-7-14-8-16(9)3/h7-8H,4-6,13H2,1-3H3. The van der Waals surface area contributed by atoms with Crippen molar-refractivity contribution in [2.75, 3.05) is 5.73 Å². The van der Waals surface area contributed by atoms with Crippen LogP contribution >= 0.6 is 0 Å². The van der Waals surface area contributed by atoms with Crippen LogP contribution in [0.1, 0.15) is 26.1 Å². The lowest BCUT2D eigenvalue weighted by molar-refractivity contribution is 0.650. The Balaban J connectivity index is 2.53. The summed E-state index contributed by atoms with van der Waals surface area (Å²) < 4.78 is 4.04. The molecule has 0 aliphatic heterocycles. The zero-order valence-corrected chi connectivity index (χ0v) is 10.6. The van der Waals surface area contributed by atoms with Crippen molar-refractivity contribution in [3.8, 4) is 11.4 Å². The molecule has 5 heteroatoms. The molecule has 0 atom stereocenters. The first-order chi connectivity index (χ1) is 8.19. The summed E-state index contributed by atoms with van der Waals surface area (Å²) in [6.07, 6.45) is 5.51. The molecule has 92 valence electrons. The highest BCUT2D eigenvalue weighted by molar-refractivity contribution is 5.67. The smallest absolute Gasteiger partial charge is 0.133 e. The van der Waals surface area contributed by atoms with Crippen molar-refractivity contribution < 1.29 is 0 Å². The van der Waals surface area contributed by atoms with E-state index in [1.165, 1.54) is 0 Å². The Morgan fingerprint density at radius 1 is 1.35 bits per heavy atom. The first-order valence-electron chi connectivity index (χ1n) is 6.00. The van der Waals surface area contributed by atoms with Crippen molar-refractivity contribution in [3.05, 3.63) is 18.3 Å². The summed E-state index contributed by atoms with van der Waals surface area (Å²) in [5.74, 6) is 1.79. The van der Waals surface area contributed by atoms with Gasteiger partial charge in [0.25, 0.3) is 0 Å². The van der Waals surface area contributed by atoms with Crippen LogP contribution in [0.3, 0.4) is 0 Å². The zero-order valence-electron chi connectivity index (χ0n) is 10.6. The molecule has 2 N–H and O–H groups in total. The van der Waals surface area contributed by atoms with Crippen molar-refractivity contribution in [1.29, 1.82) is 0 Å². The third-order valence-electron chi connectivity index (χ3n) is 2.91. The van der Waals surface area contributed by atoms with Gasteiger partial charge < -0.3 is 14.9 Å². The fourth-order valence-corrected chi connectivity index (χ4v) is 2.03. The lowest BCUT2D eigenvalue weighted by Crippen LogP contribution is -2.06. The van der Waals surface area contributed by atoms with Gasteiger partial charge in [-0.2, -0.15) is 0 Å². The van der Waals surface area contributed by atoms with Crippen LogP contribution in [0, 0.1) is 0 Å². The number of imidazole rings is 2. The molecule has 0 saturated heterocycles. The van der Waals surface area contributed by atoms with E-state index in [0.717, 1.165) is 42.4 Å². The number of nitrogens with two attached hydrogens (primary N) is 1. The molecule has 0 aromatic carbocycles. The second kappa shape index (κ2) is 4.61. The SMILES string of the molecule is CCCn1c(CC)nc(-c2cncn2C)c1N. The Kier molecular flexibility index (Phi) is 3.17. The highest BCUT2D eigenvalue weighted by atomic mass is 15.2. The number of anilines is 1. The first kappa shape index (κ1) is 11.7. The average Bonchev–Trinajstić information content (AvgIpc) is 2.85. The number of nitrogens with zero attached hydrogens (tertiary/aromatic N) is 4. The van der Waals surface area contributed by atoms with Crippen LogP contribution in [-0.2, 0) is 20.0 Å². The van der Waals surface area contributed by atoms with E-state index in [0.29, 0.717) is 0 Å². The van der Waals surface area contributed by atoms with E-state index in [2.05, 4.69) is 28.4 Å². The van der Waals surface area contributed by atoms with Crippen molar-refractivity contribution in [3.63, 3.8) is 0 Å². The summed E-state index contributed by atoms with van der Waals surface area (Å²) in [6, 6.07) is 0. The van der Waals surface area contributed by atoms with Gasteiger partial charge in [-0.1, -0.05) is 13.8 Å². The van der Waals surface area contributed by atoms with Crippen LogP contribution in [0.5, 0.6) is 0 Å². The Labute approximate surface area is 101 Å². The van der Waals surface area contributed by atoms with Gasteiger partial charge >= 0.3 is 0 Å². The predicted octanol–water partition coefficient (Wildman–Crippen LogP) is 1.84.